The lowest BCUT2D eigenvalue weighted by Crippen LogP contribution is -2.28. The van der Waals surface area contributed by atoms with Gasteiger partial charge in [0.25, 0.3) is 0 Å². The number of carboxylic acid groups (broad SMARTS) is 1. The Morgan fingerprint density at radius 1 is 0.736 bits per heavy atom. The zero-order valence-corrected chi connectivity index (χ0v) is 30.4. The Balaban J connectivity index is 0.000000150. The number of pyridine rings is 2. The molecular weight excluding hydrogens is 672 g/mol. The number of hydrogen-bond donors (Lipinski definition) is 3. The average molecular weight is 723 g/mol. The van der Waals surface area contributed by atoms with Gasteiger partial charge < -0.3 is 35.1 Å². The Kier molecular flexibility index (Phi) is 13.1. The molecule has 0 spiro atoms. The third kappa shape index (κ3) is 11.1. The van der Waals surface area contributed by atoms with Gasteiger partial charge in [-0.05, 0) is 60.8 Å². The van der Waals surface area contributed by atoms with E-state index in [2.05, 4.69) is 27.4 Å². The van der Waals surface area contributed by atoms with Crippen LogP contribution in [0.3, 0.4) is 0 Å². The van der Waals surface area contributed by atoms with Crippen molar-refractivity contribution in [1.29, 1.82) is 0 Å². The van der Waals surface area contributed by atoms with Crippen LogP contribution in [0.4, 0.5) is 0 Å². The minimum Gasteiger partial charge on any atom is -0.481 e. The van der Waals surface area contributed by atoms with Crippen molar-refractivity contribution in [2.45, 2.75) is 75.7 Å². The summed E-state index contributed by atoms with van der Waals surface area (Å²) in [6.07, 6.45) is 7.36. The van der Waals surface area contributed by atoms with E-state index in [0.29, 0.717) is 30.9 Å². The van der Waals surface area contributed by atoms with Crippen molar-refractivity contribution >= 4 is 11.9 Å². The Morgan fingerprint density at radius 2 is 1.23 bits per heavy atom. The van der Waals surface area contributed by atoms with Gasteiger partial charge in [0.2, 0.25) is 17.7 Å². The fourth-order valence-corrected chi connectivity index (χ4v) is 6.50. The molecule has 2 saturated heterocycles. The van der Waals surface area contributed by atoms with Gasteiger partial charge in [-0.3, -0.25) is 9.59 Å². The first-order valence-electron chi connectivity index (χ1n) is 18.5. The minimum absolute atomic E-state index is 0.0152. The summed E-state index contributed by atoms with van der Waals surface area (Å²) in [7, 11) is 0. The van der Waals surface area contributed by atoms with E-state index in [9.17, 15) is 9.59 Å². The molecule has 11 heteroatoms. The van der Waals surface area contributed by atoms with E-state index < -0.39 is 5.97 Å². The van der Waals surface area contributed by atoms with E-state index >= 15 is 0 Å². The van der Waals surface area contributed by atoms with Crippen LogP contribution in [-0.2, 0) is 19.1 Å². The van der Waals surface area contributed by atoms with Gasteiger partial charge in [-0.2, -0.15) is 0 Å². The number of nitrogens with zero attached hydrogens (tertiary/aromatic N) is 2. The second kappa shape index (κ2) is 18.3. The number of benzene rings is 2. The lowest BCUT2D eigenvalue weighted by Gasteiger charge is -2.15. The minimum atomic E-state index is -0.663. The number of rotatable bonds is 11. The number of nitrogens with two attached hydrogens (primary N) is 1. The molecule has 2 aliphatic heterocycles. The molecule has 4 aromatic rings. The number of carbonyl (C=O) groups excluding carboxylic acids is 1. The maximum Gasteiger partial charge on any atom is 0.307 e. The molecule has 0 radical (unpaired) electrons. The molecule has 4 fully saturated rings. The summed E-state index contributed by atoms with van der Waals surface area (Å²) in [6, 6.07) is 27.7. The summed E-state index contributed by atoms with van der Waals surface area (Å²) in [4.78, 5) is 31.6. The first kappa shape index (κ1) is 37.9. The molecular formula is C42H50N4O7. The van der Waals surface area contributed by atoms with Crippen molar-refractivity contribution in [3.8, 4) is 11.8 Å². The lowest BCUT2D eigenvalue weighted by molar-refractivity contribution is -0.138. The van der Waals surface area contributed by atoms with E-state index in [4.69, 9.17) is 29.8 Å². The second-order valence-electron chi connectivity index (χ2n) is 14.1. The van der Waals surface area contributed by atoms with Gasteiger partial charge in [0.15, 0.2) is 0 Å². The highest BCUT2D eigenvalue weighted by Crippen LogP contribution is 2.48. The van der Waals surface area contributed by atoms with Crippen LogP contribution in [0.25, 0.3) is 0 Å². The number of hydrogen-bond acceptors (Lipinski definition) is 9. The molecule has 2 aromatic carbocycles. The van der Waals surface area contributed by atoms with Gasteiger partial charge in [0.05, 0.1) is 38.4 Å². The number of ether oxygens (including phenoxy) is 4. The number of aromatic nitrogens is 2. The highest BCUT2D eigenvalue weighted by molar-refractivity contribution is 5.83. The van der Waals surface area contributed by atoms with Crippen molar-refractivity contribution in [3.63, 3.8) is 0 Å². The Labute approximate surface area is 311 Å². The summed E-state index contributed by atoms with van der Waals surface area (Å²) in [5.74, 6) is 1.28. The SMILES string of the molecule is C[C@H](N)c1ccc(O[C@H]2CCOC2)nc1.C[C@H](NC(=O)[C@H]1C[C@@H]1c1ccccc1)c1ccc(OC2CCOC2)nc1.O=C(O)[C@H]1C[C@@H]1c1ccccc1. The molecule has 0 bridgehead atoms. The highest BCUT2D eigenvalue weighted by atomic mass is 16.6. The van der Waals surface area contributed by atoms with Gasteiger partial charge in [0, 0.05) is 49.3 Å². The monoisotopic (exact) mass is 722 g/mol. The quantitative estimate of drug-likeness (QED) is 0.159. The number of carbonyl (C=O) groups is 2. The fraction of sp³-hybridized carbons (Fsp3) is 0.429. The number of nitrogens with one attached hydrogen (secondary N) is 1. The standard InChI is InChI=1S/C21H24N2O3.C11H16N2O2.C10H10O2/c1-14(16-7-8-20(22-12-16)26-17-9-10-25-13-17)23-21(24)19-11-18(19)15-5-3-2-4-6-15;1-8(12)9-2-3-11(13-6-9)15-10-4-5-14-7-10;11-10(12)9-6-8(9)7-4-2-1-3-5-7/h2-8,12,14,17-19H,9-11,13H2,1H3,(H,23,24);2-3,6,8,10H,4-5,7,12H2,1H3;1-5,8-9H,6H2,(H,11,12)/t14-,17?,18+,19-;8-,10-;8-,9+/m001/s1. The Hall–Kier alpha value is -4.84. The number of carboxylic acids is 1. The molecule has 53 heavy (non-hydrogen) atoms. The molecule has 11 nitrogen and oxygen atoms in total. The molecule has 8 rings (SSSR count). The van der Waals surface area contributed by atoms with E-state index in [-0.39, 0.29) is 48.0 Å². The lowest BCUT2D eigenvalue weighted by atomic mass is 10.1. The Morgan fingerprint density at radius 3 is 1.64 bits per heavy atom. The molecule has 2 aliphatic carbocycles. The van der Waals surface area contributed by atoms with Crippen LogP contribution in [0.2, 0.25) is 0 Å². The van der Waals surface area contributed by atoms with Crippen molar-refractivity contribution in [2.75, 3.05) is 26.4 Å². The summed E-state index contributed by atoms with van der Waals surface area (Å²) < 4.78 is 21.9. The predicted molar refractivity (Wildman–Crippen MR) is 200 cm³/mol. The normalized spacial score (nSPS) is 25.0. The van der Waals surface area contributed by atoms with Crippen LogP contribution < -0.4 is 20.5 Å². The molecule has 280 valence electrons. The van der Waals surface area contributed by atoms with E-state index in [0.717, 1.165) is 55.6 Å². The molecule has 2 saturated carbocycles. The second-order valence-corrected chi connectivity index (χ2v) is 14.1. The molecule has 8 atom stereocenters. The predicted octanol–water partition coefficient (Wildman–Crippen LogP) is 6.37. The molecule has 1 unspecified atom stereocenters. The molecule has 4 aliphatic rings. The van der Waals surface area contributed by atoms with E-state index in [1.165, 1.54) is 5.56 Å². The van der Waals surface area contributed by atoms with E-state index in [1.807, 2.05) is 86.6 Å². The summed E-state index contributed by atoms with van der Waals surface area (Å²) >= 11 is 0. The van der Waals surface area contributed by atoms with Crippen LogP contribution in [0, 0.1) is 11.8 Å². The van der Waals surface area contributed by atoms with Crippen molar-refractivity contribution in [2.24, 2.45) is 17.6 Å². The zero-order chi connectivity index (χ0) is 37.2. The van der Waals surface area contributed by atoms with Gasteiger partial charge in [-0.25, -0.2) is 9.97 Å². The first-order valence-corrected chi connectivity index (χ1v) is 18.5. The number of amides is 1. The van der Waals surface area contributed by atoms with Crippen LogP contribution in [0.15, 0.2) is 97.3 Å². The third-order valence-corrected chi connectivity index (χ3v) is 9.94. The van der Waals surface area contributed by atoms with E-state index in [1.54, 1.807) is 12.4 Å². The molecule has 2 aromatic heterocycles. The topological polar surface area (TPSA) is 155 Å². The zero-order valence-electron chi connectivity index (χ0n) is 30.4. The third-order valence-electron chi connectivity index (χ3n) is 9.94. The fourth-order valence-electron chi connectivity index (χ4n) is 6.50. The average Bonchev–Trinajstić information content (AvgIpc) is 4.05. The van der Waals surface area contributed by atoms with Crippen LogP contribution in [0.1, 0.15) is 85.7 Å². The largest absolute Gasteiger partial charge is 0.481 e. The van der Waals surface area contributed by atoms with Crippen molar-refractivity contribution < 1.29 is 33.6 Å². The van der Waals surface area contributed by atoms with Gasteiger partial charge in [-0.15, -0.1) is 0 Å². The van der Waals surface area contributed by atoms with Crippen LogP contribution >= 0.6 is 0 Å². The summed E-state index contributed by atoms with van der Waals surface area (Å²) in [5, 5.41) is 11.8. The maximum atomic E-state index is 12.5. The van der Waals surface area contributed by atoms with Crippen molar-refractivity contribution in [3.05, 3.63) is 120 Å². The molecule has 1 amide bonds. The molecule has 4 heterocycles. The smallest absolute Gasteiger partial charge is 0.307 e. The summed E-state index contributed by atoms with van der Waals surface area (Å²) in [6.45, 7) is 6.73. The van der Waals surface area contributed by atoms with Crippen LogP contribution in [0.5, 0.6) is 11.8 Å². The summed E-state index contributed by atoms with van der Waals surface area (Å²) in [5.41, 5.74) is 10.1. The molecule has 4 N–H and O–H groups in total. The van der Waals surface area contributed by atoms with Crippen molar-refractivity contribution in [1.82, 2.24) is 15.3 Å². The highest BCUT2D eigenvalue weighted by Gasteiger charge is 2.44. The Bertz CT molecular complexity index is 1730. The van der Waals surface area contributed by atoms with Gasteiger partial charge in [-0.1, -0.05) is 72.8 Å². The maximum absolute atomic E-state index is 12.5. The van der Waals surface area contributed by atoms with Crippen LogP contribution in [-0.4, -0.2) is 65.6 Å². The first-order chi connectivity index (χ1) is 25.7. The van der Waals surface area contributed by atoms with Gasteiger partial charge in [0.1, 0.15) is 12.2 Å². The number of aliphatic carboxylic acids is 1. The van der Waals surface area contributed by atoms with Gasteiger partial charge >= 0.3 is 5.97 Å².